The SMILES string of the molecule is Cc1ccc(N2C(=O)C(Cc3ccccc3Cl)SC2=C(C#N)C(N)=O)cc1. The van der Waals surface area contributed by atoms with Gasteiger partial charge in [-0.2, -0.15) is 5.26 Å². The van der Waals surface area contributed by atoms with Gasteiger partial charge in [0.25, 0.3) is 5.91 Å². The second-order valence-corrected chi connectivity index (χ2v) is 7.67. The number of thioether (sulfide) groups is 1. The van der Waals surface area contributed by atoms with Gasteiger partial charge in [-0.15, -0.1) is 0 Å². The van der Waals surface area contributed by atoms with E-state index in [2.05, 4.69) is 0 Å². The molecule has 2 aromatic carbocycles. The Hall–Kier alpha value is -2.75. The molecule has 0 saturated carbocycles. The smallest absolute Gasteiger partial charge is 0.262 e. The van der Waals surface area contributed by atoms with E-state index in [9.17, 15) is 14.9 Å². The van der Waals surface area contributed by atoms with Crippen molar-refractivity contribution in [2.45, 2.75) is 18.6 Å². The molecule has 1 unspecified atom stereocenters. The highest BCUT2D eigenvalue weighted by atomic mass is 35.5. The Balaban J connectivity index is 2.05. The lowest BCUT2D eigenvalue weighted by Crippen LogP contribution is -2.31. The van der Waals surface area contributed by atoms with Gasteiger partial charge in [0.05, 0.1) is 5.25 Å². The number of halogens is 1. The third kappa shape index (κ3) is 3.85. The average Bonchev–Trinajstić information content (AvgIpc) is 2.94. The molecule has 27 heavy (non-hydrogen) atoms. The van der Waals surface area contributed by atoms with Gasteiger partial charge in [0.15, 0.2) is 0 Å². The summed E-state index contributed by atoms with van der Waals surface area (Å²) in [6.07, 6.45) is 0.381. The third-order valence-electron chi connectivity index (χ3n) is 4.18. The Bertz CT molecular complexity index is 979. The molecule has 0 aromatic heterocycles. The summed E-state index contributed by atoms with van der Waals surface area (Å²) in [7, 11) is 0. The van der Waals surface area contributed by atoms with Crippen LogP contribution in [0.2, 0.25) is 5.02 Å². The minimum atomic E-state index is -0.858. The second kappa shape index (κ2) is 7.87. The van der Waals surface area contributed by atoms with E-state index >= 15 is 0 Å². The molecule has 1 atom stereocenters. The Morgan fingerprint density at radius 2 is 1.93 bits per heavy atom. The van der Waals surface area contributed by atoms with Crippen LogP contribution in [0, 0.1) is 18.3 Å². The summed E-state index contributed by atoms with van der Waals surface area (Å²) >= 11 is 7.39. The Kier molecular flexibility index (Phi) is 5.54. The number of carbonyl (C=O) groups is 2. The number of nitrogens with zero attached hydrogens (tertiary/aromatic N) is 2. The van der Waals surface area contributed by atoms with Gasteiger partial charge in [-0.1, -0.05) is 59.3 Å². The lowest BCUT2D eigenvalue weighted by molar-refractivity contribution is -0.117. The molecule has 2 N–H and O–H groups in total. The highest BCUT2D eigenvalue weighted by molar-refractivity contribution is 8.05. The molecule has 0 aliphatic carbocycles. The van der Waals surface area contributed by atoms with Crippen molar-refractivity contribution in [2.75, 3.05) is 4.90 Å². The molecular weight excluding hydrogens is 382 g/mol. The molecule has 1 aliphatic rings. The highest BCUT2D eigenvalue weighted by Crippen LogP contribution is 2.42. The number of primary amides is 1. The van der Waals surface area contributed by atoms with Gasteiger partial charge in [0.2, 0.25) is 5.91 Å². The topological polar surface area (TPSA) is 87.2 Å². The number of nitriles is 1. The summed E-state index contributed by atoms with van der Waals surface area (Å²) in [6, 6.07) is 16.4. The molecule has 7 heteroatoms. The molecule has 3 rings (SSSR count). The minimum absolute atomic E-state index is 0.215. The molecular formula is C20H16ClN3O2S. The van der Waals surface area contributed by atoms with Crippen molar-refractivity contribution < 1.29 is 9.59 Å². The predicted molar refractivity (Wildman–Crippen MR) is 107 cm³/mol. The van der Waals surface area contributed by atoms with Crippen LogP contribution in [0.25, 0.3) is 0 Å². The number of rotatable bonds is 4. The molecule has 1 aliphatic heterocycles. The maximum atomic E-state index is 13.1. The largest absolute Gasteiger partial charge is 0.365 e. The first-order valence-corrected chi connectivity index (χ1v) is 9.43. The maximum absolute atomic E-state index is 13.1. The summed E-state index contributed by atoms with van der Waals surface area (Å²) in [5, 5.41) is 9.71. The number of benzene rings is 2. The fourth-order valence-electron chi connectivity index (χ4n) is 2.79. The van der Waals surface area contributed by atoms with Crippen LogP contribution in [-0.2, 0) is 16.0 Å². The van der Waals surface area contributed by atoms with Crippen LogP contribution in [0.5, 0.6) is 0 Å². The fraction of sp³-hybridized carbons (Fsp3) is 0.150. The zero-order chi connectivity index (χ0) is 19.6. The number of amides is 2. The van der Waals surface area contributed by atoms with E-state index in [0.717, 1.165) is 22.9 Å². The van der Waals surface area contributed by atoms with E-state index in [1.165, 1.54) is 4.90 Å². The van der Waals surface area contributed by atoms with Gasteiger partial charge < -0.3 is 5.73 Å². The Morgan fingerprint density at radius 1 is 1.26 bits per heavy atom. The summed E-state index contributed by atoms with van der Waals surface area (Å²) in [5.74, 6) is -1.07. The first-order chi connectivity index (χ1) is 12.9. The molecule has 2 amide bonds. The van der Waals surface area contributed by atoms with Crippen LogP contribution in [0.3, 0.4) is 0 Å². The van der Waals surface area contributed by atoms with E-state index < -0.39 is 11.2 Å². The van der Waals surface area contributed by atoms with E-state index in [4.69, 9.17) is 17.3 Å². The number of anilines is 1. The fourth-order valence-corrected chi connectivity index (χ4v) is 4.31. The van der Waals surface area contributed by atoms with Gasteiger partial charge in [0.1, 0.15) is 16.7 Å². The molecule has 0 bridgehead atoms. The average molecular weight is 398 g/mol. The van der Waals surface area contributed by atoms with Crippen LogP contribution >= 0.6 is 23.4 Å². The van der Waals surface area contributed by atoms with E-state index in [1.807, 2.05) is 43.3 Å². The molecule has 1 fully saturated rings. The van der Waals surface area contributed by atoms with E-state index in [-0.39, 0.29) is 16.5 Å². The van der Waals surface area contributed by atoms with Crippen molar-refractivity contribution in [3.8, 4) is 6.07 Å². The number of carbonyl (C=O) groups excluding carboxylic acids is 2. The van der Waals surface area contributed by atoms with Gasteiger partial charge >= 0.3 is 0 Å². The van der Waals surface area contributed by atoms with Crippen molar-refractivity contribution in [3.63, 3.8) is 0 Å². The van der Waals surface area contributed by atoms with E-state index in [0.29, 0.717) is 17.1 Å². The maximum Gasteiger partial charge on any atom is 0.262 e. The molecule has 2 aromatic rings. The molecule has 0 spiro atoms. The van der Waals surface area contributed by atoms with Crippen molar-refractivity contribution in [2.24, 2.45) is 5.73 Å². The highest BCUT2D eigenvalue weighted by Gasteiger charge is 2.40. The standard InChI is InChI=1S/C20H16ClN3O2S/c1-12-6-8-14(9-7-12)24-19(26)17(10-13-4-2-3-5-16(13)21)27-20(24)15(11-22)18(23)25/h2-9,17H,10H2,1H3,(H2,23,25). The van der Waals surface area contributed by atoms with Crippen LogP contribution in [0.1, 0.15) is 11.1 Å². The van der Waals surface area contributed by atoms with Crippen LogP contribution in [-0.4, -0.2) is 17.1 Å². The number of nitrogens with two attached hydrogens (primary N) is 1. The molecule has 136 valence electrons. The van der Waals surface area contributed by atoms with Crippen LogP contribution in [0.15, 0.2) is 59.1 Å². The molecule has 1 saturated heterocycles. The minimum Gasteiger partial charge on any atom is -0.365 e. The van der Waals surface area contributed by atoms with E-state index in [1.54, 1.807) is 18.2 Å². The van der Waals surface area contributed by atoms with Gasteiger partial charge in [0, 0.05) is 10.7 Å². The summed E-state index contributed by atoms with van der Waals surface area (Å²) in [6.45, 7) is 1.94. The zero-order valence-electron chi connectivity index (χ0n) is 14.5. The van der Waals surface area contributed by atoms with Crippen LogP contribution < -0.4 is 10.6 Å². The third-order valence-corrected chi connectivity index (χ3v) is 5.81. The summed E-state index contributed by atoms with van der Waals surface area (Å²) < 4.78 is 0. The lowest BCUT2D eigenvalue weighted by atomic mass is 10.1. The Labute approximate surface area is 166 Å². The predicted octanol–water partition coefficient (Wildman–Crippen LogP) is 3.56. The van der Waals surface area contributed by atoms with Crippen molar-refractivity contribution >= 4 is 40.9 Å². The van der Waals surface area contributed by atoms with Crippen molar-refractivity contribution in [1.82, 2.24) is 0 Å². The molecule has 5 nitrogen and oxygen atoms in total. The first-order valence-electron chi connectivity index (χ1n) is 8.17. The second-order valence-electron chi connectivity index (χ2n) is 6.07. The van der Waals surface area contributed by atoms with Crippen LogP contribution in [0.4, 0.5) is 5.69 Å². The quantitative estimate of drug-likeness (QED) is 0.631. The number of hydrogen-bond acceptors (Lipinski definition) is 4. The molecule has 0 radical (unpaired) electrons. The first kappa shape index (κ1) is 19.0. The van der Waals surface area contributed by atoms with Crippen molar-refractivity contribution in [1.29, 1.82) is 5.26 Å². The van der Waals surface area contributed by atoms with Crippen molar-refractivity contribution in [3.05, 3.63) is 75.3 Å². The summed E-state index contributed by atoms with van der Waals surface area (Å²) in [4.78, 5) is 26.3. The normalized spacial score (nSPS) is 18.3. The summed E-state index contributed by atoms with van der Waals surface area (Å²) in [5.41, 5.74) is 7.59. The molecule has 1 heterocycles. The number of aryl methyl sites for hydroxylation is 1. The zero-order valence-corrected chi connectivity index (χ0v) is 16.1. The lowest BCUT2D eigenvalue weighted by Gasteiger charge is -2.18. The van der Waals surface area contributed by atoms with Gasteiger partial charge in [-0.3, -0.25) is 14.5 Å². The monoisotopic (exact) mass is 397 g/mol. The van der Waals surface area contributed by atoms with Gasteiger partial charge in [-0.05, 0) is 37.1 Å². The Morgan fingerprint density at radius 3 is 2.52 bits per heavy atom. The number of hydrogen-bond donors (Lipinski definition) is 1. The van der Waals surface area contributed by atoms with Gasteiger partial charge in [-0.25, -0.2) is 0 Å².